The smallest absolute Gasteiger partial charge is 0.251 e. The van der Waals surface area contributed by atoms with E-state index in [9.17, 15) is 4.79 Å². The number of carbonyl (C=O) groups excluding carboxylic acids is 1. The number of fused-ring (bicyclic) bond motifs is 1. The van der Waals surface area contributed by atoms with Crippen LogP contribution in [0.3, 0.4) is 0 Å². The largest absolute Gasteiger partial charge is 0.342 e. The average molecular weight is 373 g/mol. The lowest BCUT2D eigenvalue weighted by Crippen LogP contribution is -2.33. The molecule has 0 aliphatic carbocycles. The molecule has 1 amide bonds. The normalized spacial score (nSPS) is 12.5. The van der Waals surface area contributed by atoms with Crippen LogP contribution in [-0.4, -0.2) is 20.5 Å². The SMILES string of the molecule is CC(C)[C@H](NC(=O)c1cccc(Br)c1)c1nnc2ccccn12. The molecule has 0 bridgehead atoms. The molecule has 0 radical (unpaired) electrons. The Balaban J connectivity index is 1.92. The molecule has 1 N–H and O–H groups in total. The molecule has 118 valence electrons. The Morgan fingerprint density at radius 3 is 2.74 bits per heavy atom. The van der Waals surface area contributed by atoms with Gasteiger partial charge in [-0.2, -0.15) is 0 Å². The molecule has 0 unspecified atom stereocenters. The van der Waals surface area contributed by atoms with Crippen LogP contribution in [0.1, 0.15) is 36.1 Å². The van der Waals surface area contributed by atoms with Crippen LogP contribution in [-0.2, 0) is 0 Å². The molecular formula is C17H17BrN4O. The van der Waals surface area contributed by atoms with Gasteiger partial charge in [0, 0.05) is 16.2 Å². The summed E-state index contributed by atoms with van der Waals surface area (Å²) in [6.45, 7) is 4.10. The van der Waals surface area contributed by atoms with E-state index in [1.165, 1.54) is 0 Å². The third-order valence-corrected chi connectivity index (χ3v) is 4.15. The number of benzene rings is 1. The van der Waals surface area contributed by atoms with Gasteiger partial charge in [0.05, 0.1) is 6.04 Å². The first-order valence-corrected chi connectivity index (χ1v) is 8.21. The lowest BCUT2D eigenvalue weighted by Gasteiger charge is -2.21. The minimum atomic E-state index is -0.223. The highest BCUT2D eigenvalue weighted by molar-refractivity contribution is 9.10. The highest BCUT2D eigenvalue weighted by Crippen LogP contribution is 2.22. The van der Waals surface area contributed by atoms with Crippen molar-refractivity contribution in [3.63, 3.8) is 0 Å². The average Bonchev–Trinajstić information content (AvgIpc) is 2.96. The Bertz CT molecular complexity index is 843. The number of rotatable bonds is 4. The third-order valence-electron chi connectivity index (χ3n) is 3.66. The fourth-order valence-electron chi connectivity index (χ4n) is 2.46. The van der Waals surface area contributed by atoms with Gasteiger partial charge in [-0.1, -0.05) is 41.9 Å². The number of aromatic nitrogens is 3. The number of nitrogens with one attached hydrogen (secondary N) is 1. The maximum atomic E-state index is 12.6. The van der Waals surface area contributed by atoms with Gasteiger partial charge in [-0.15, -0.1) is 10.2 Å². The first-order valence-electron chi connectivity index (χ1n) is 7.42. The molecule has 0 fully saturated rings. The number of pyridine rings is 1. The molecule has 5 nitrogen and oxygen atoms in total. The van der Waals surface area contributed by atoms with Gasteiger partial charge in [0.2, 0.25) is 0 Å². The summed E-state index contributed by atoms with van der Waals surface area (Å²) >= 11 is 3.39. The zero-order valence-electron chi connectivity index (χ0n) is 12.9. The second-order valence-corrected chi connectivity index (χ2v) is 6.61. The maximum Gasteiger partial charge on any atom is 0.251 e. The lowest BCUT2D eigenvalue weighted by molar-refractivity contribution is 0.0922. The number of hydrogen-bond donors (Lipinski definition) is 1. The van der Waals surface area contributed by atoms with Gasteiger partial charge < -0.3 is 5.32 Å². The number of amides is 1. The molecule has 3 rings (SSSR count). The molecule has 23 heavy (non-hydrogen) atoms. The first kappa shape index (κ1) is 15.7. The van der Waals surface area contributed by atoms with Gasteiger partial charge in [0.1, 0.15) is 0 Å². The Morgan fingerprint density at radius 1 is 1.17 bits per heavy atom. The fraction of sp³-hybridized carbons (Fsp3) is 0.235. The van der Waals surface area contributed by atoms with E-state index < -0.39 is 0 Å². The van der Waals surface area contributed by atoms with E-state index in [1.807, 2.05) is 40.9 Å². The van der Waals surface area contributed by atoms with Gasteiger partial charge in [-0.25, -0.2) is 0 Å². The summed E-state index contributed by atoms with van der Waals surface area (Å²) in [5, 5.41) is 11.5. The highest BCUT2D eigenvalue weighted by Gasteiger charge is 2.24. The van der Waals surface area contributed by atoms with Crippen LogP contribution >= 0.6 is 15.9 Å². The van der Waals surface area contributed by atoms with Crippen LogP contribution in [0.15, 0.2) is 53.1 Å². The van der Waals surface area contributed by atoms with Crippen molar-refractivity contribution in [2.24, 2.45) is 5.92 Å². The predicted octanol–water partition coefficient (Wildman–Crippen LogP) is 3.62. The van der Waals surface area contributed by atoms with Crippen LogP contribution in [0.5, 0.6) is 0 Å². The van der Waals surface area contributed by atoms with Crippen molar-refractivity contribution >= 4 is 27.5 Å². The molecule has 0 aliphatic rings. The quantitative estimate of drug-likeness (QED) is 0.760. The summed E-state index contributed by atoms with van der Waals surface area (Å²) in [5.74, 6) is 0.787. The molecule has 1 atom stereocenters. The van der Waals surface area contributed by atoms with Crippen molar-refractivity contribution < 1.29 is 4.79 Å². The molecule has 1 aromatic carbocycles. The minimum absolute atomic E-state index is 0.127. The van der Waals surface area contributed by atoms with Gasteiger partial charge in [-0.05, 0) is 36.2 Å². The van der Waals surface area contributed by atoms with Crippen LogP contribution in [0.2, 0.25) is 0 Å². The van der Waals surface area contributed by atoms with Crippen molar-refractivity contribution in [3.8, 4) is 0 Å². The first-order chi connectivity index (χ1) is 11.1. The number of halogens is 1. The van der Waals surface area contributed by atoms with E-state index >= 15 is 0 Å². The predicted molar refractivity (Wildman–Crippen MR) is 92.2 cm³/mol. The molecule has 3 aromatic rings. The van der Waals surface area contributed by atoms with Gasteiger partial charge in [0.15, 0.2) is 11.5 Å². The van der Waals surface area contributed by atoms with Crippen LogP contribution < -0.4 is 5.32 Å². The summed E-state index contributed by atoms with van der Waals surface area (Å²) in [6, 6.07) is 12.8. The second kappa shape index (κ2) is 6.50. The summed E-state index contributed by atoms with van der Waals surface area (Å²) in [6.07, 6.45) is 1.91. The van der Waals surface area contributed by atoms with E-state index in [1.54, 1.807) is 12.1 Å². The molecule has 0 saturated carbocycles. The molecule has 0 aliphatic heterocycles. The molecule has 6 heteroatoms. The lowest BCUT2D eigenvalue weighted by atomic mass is 10.0. The Hall–Kier alpha value is -2.21. The van der Waals surface area contributed by atoms with Crippen molar-refractivity contribution in [3.05, 3.63) is 64.5 Å². The van der Waals surface area contributed by atoms with E-state index in [0.29, 0.717) is 5.56 Å². The van der Waals surface area contributed by atoms with Crippen LogP contribution in [0, 0.1) is 5.92 Å². The summed E-state index contributed by atoms with van der Waals surface area (Å²) in [4.78, 5) is 12.6. The van der Waals surface area contributed by atoms with E-state index in [2.05, 4.69) is 45.3 Å². The summed E-state index contributed by atoms with van der Waals surface area (Å²) in [5.41, 5.74) is 1.38. The Morgan fingerprint density at radius 2 is 2.00 bits per heavy atom. The van der Waals surface area contributed by atoms with Crippen molar-refractivity contribution in [2.45, 2.75) is 19.9 Å². The molecule has 2 aromatic heterocycles. The van der Waals surface area contributed by atoms with Crippen LogP contribution in [0.25, 0.3) is 5.65 Å². The molecule has 2 heterocycles. The van der Waals surface area contributed by atoms with E-state index in [4.69, 9.17) is 0 Å². The number of hydrogen-bond acceptors (Lipinski definition) is 3. The monoisotopic (exact) mass is 372 g/mol. The maximum absolute atomic E-state index is 12.6. The summed E-state index contributed by atoms with van der Waals surface area (Å²) < 4.78 is 2.78. The topological polar surface area (TPSA) is 59.3 Å². The standard InChI is InChI=1S/C17H17BrN4O/c1-11(2)15(16-21-20-14-8-3-4-9-22(14)16)19-17(23)12-6-5-7-13(18)10-12/h3-11,15H,1-2H3,(H,19,23)/t15-/m0/s1. The molecule has 0 spiro atoms. The zero-order valence-corrected chi connectivity index (χ0v) is 14.5. The van der Waals surface area contributed by atoms with Gasteiger partial charge in [-0.3, -0.25) is 9.20 Å². The second-order valence-electron chi connectivity index (χ2n) is 5.69. The van der Waals surface area contributed by atoms with Crippen molar-refractivity contribution in [1.82, 2.24) is 19.9 Å². The van der Waals surface area contributed by atoms with E-state index in [-0.39, 0.29) is 17.9 Å². The summed E-state index contributed by atoms with van der Waals surface area (Å²) in [7, 11) is 0. The zero-order chi connectivity index (χ0) is 16.4. The van der Waals surface area contributed by atoms with Gasteiger partial charge in [0.25, 0.3) is 5.91 Å². The van der Waals surface area contributed by atoms with Crippen molar-refractivity contribution in [2.75, 3.05) is 0 Å². The fourth-order valence-corrected chi connectivity index (χ4v) is 2.85. The van der Waals surface area contributed by atoms with Crippen molar-refractivity contribution in [1.29, 1.82) is 0 Å². The van der Waals surface area contributed by atoms with E-state index in [0.717, 1.165) is 15.9 Å². The minimum Gasteiger partial charge on any atom is -0.342 e. The number of nitrogens with zero attached hydrogens (tertiary/aromatic N) is 3. The third kappa shape index (κ3) is 3.27. The van der Waals surface area contributed by atoms with Gasteiger partial charge >= 0.3 is 0 Å². The van der Waals surface area contributed by atoms with Crippen LogP contribution in [0.4, 0.5) is 0 Å². The Labute approximate surface area is 142 Å². The Kier molecular flexibility index (Phi) is 4.43. The number of carbonyl (C=O) groups is 1. The molecular weight excluding hydrogens is 356 g/mol. The highest BCUT2D eigenvalue weighted by atomic mass is 79.9. The molecule has 0 saturated heterocycles.